The summed E-state index contributed by atoms with van der Waals surface area (Å²) >= 11 is 0. The molecule has 9 heteroatoms. The summed E-state index contributed by atoms with van der Waals surface area (Å²) in [7, 11) is 4.51. The molecular formula is C31H35F2N3O4. The van der Waals surface area contributed by atoms with Crippen molar-refractivity contribution in [1.29, 1.82) is 0 Å². The van der Waals surface area contributed by atoms with Gasteiger partial charge in [0.1, 0.15) is 11.6 Å². The number of nitrogens with zero attached hydrogens (tertiary/aromatic N) is 3. The summed E-state index contributed by atoms with van der Waals surface area (Å²) in [5.41, 5.74) is 2.56. The number of pyridine rings is 1. The molecule has 0 bridgehead atoms. The smallest absolute Gasteiger partial charge is 0.254 e. The van der Waals surface area contributed by atoms with Gasteiger partial charge in [-0.25, -0.2) is 8.78 Å². The van der Waals surface area contributed by atoms with Crippen molar-refractivity contribution in [2.45, 2.75) is 32.4 Å². The van der Waals surface area contributed by atoms with E-state index in [9.17, 15) is 13.6 Å². The predicted molar refractivity (Wildman–Crippen MR) is 150 cm³/mol. The second-order valence-corrected chi connectivity index (χ2v) is 9.88. The Morgan fingerprint density at radius 1 is 1.05 bits per heavy atom. The fourth-order valence-corrected chi connectivity index (χ4v) is 5.12. The fraction of sp³-hybridized carbons (Fsp3) is 0.355. The number of amides is 1. The number of carbonyl (C=O) groups is 1. The summed E-state index contributed by atoms with van der Waals surface area (Å²) in [6.07, 6.45) is 7.18. The highest BCUT2D eigenvalue weighted by atomic mass is 19.1. The summed E-state index contributed by atoms with van der Waals surface area (Å²) in [5.74, 6) is -0.349. The number of aromatic nitrogens is 1. The summed E-state index contributed by atoms with van der Waals surface area (Å²) in [6, 6.07) is 10.9. The highest BCUT2D eigenvalue weighted by Gasteiger charge is 2.30. The number of benzene rings is 2. The highest BCUT2D eigenvalue weighted by molar-refractivity contribution is 5.96. The number of ether oxygens (including phenoxy) is 3. The Labute approximate surface area is 234 Å². The lowest BCUT2D eigenvalue weighted by molar-refractivity contribution is 0.0718. The predicted octanol–water partition coefficient (Wildman–Crippen LogP) is 5.60. The molecule has 4 rings (SSSR count). The molecule has 212 valence electrons. The molecule has 1 aliphatic heterocycles. The van der Waals surface area contributed by atoms with Gasteiger partial charge in [0.2, 0.25) is 5.75 Å². The van der Waals surface area contributed by atoms with Crippen molar-refractivity contribution < 1.29 is 27.8 Å². The van der Waals surface area contributed by atoms with E-state index in [2.05, 4.69) is 9.88 Å². The van der Waals surface area contributed by atoms with Gasteiger partial charge in [-0.15, -0.1) is 0 Å². The zero-order valence-electron chi connectivity index (χ0n) is 23.3. The number of halogens is 2. The number of methoxy groups -OCH3 is 3. The lowest BCUT2D eigenvalue weighted by atomic mass is 10.1. The van der Waals surface area contributed by atoms with E-state index < -0.39 is 11.6 Å². The van der Waals surface area contributed by atoms with Crippen LogP contribution in [0.2, 0.25) is 0 Å². The molecule has 0 radical (unpaired) electrons. The number of carbonyl (C=O) groups excluding carboxylic acids is 1. The molecule has 1 atom stereocenters. The monoisotopic (exact) mass is 551 g/mol. The van der Waals surface area contributed by atoms with Gasteiger partial charge in [0, 0.05) is 55.3 Å². The van der Waals surface area contributed by atoms with Crippen molar-refractivity contribution in [3.05, 3.63) is 88.8 Å². The maximum Gasteiger partial charge on any atom is 0.254 e. The van der Waals surface area contributed by atoms with Gasteiger partial charge in [-0.1, -0.05) is 11.6 Å². The largest absolute Gasteiger partial charge is 0.493 e. The molecule has 2 heterocycles. The van der Waals surface area contributed by atoms with Crippen LogP contribution in [-0.4, -0.2) is 67.7 Å². The molecule has 2 aromatic carbocycles. The Bertz CT molecular complexity index is 1320. The van der Waals surface area contributed by atoms with Crippen LogP contribution in [0, 0.1) is 11.6 Å². The minimum Gasteiger partial charge on any atom is -0.493 e. The Morgan fingerprint density at radius 2 is 1.75 bits per heavy atom. The van der Waals surface area contributed by atoms with E-state index in [4.69, 9.17) is 14.2 Å². The minimum absolute atomic E-state index is 0.134. The van der Waals surface area contributed by atoms with Crippen LogP contribution in [0.15, 0.2) is 60.4 Å². The Kier molecular flexibility index (Phi) is 9.71. The molecule has 0 spiro atoms. The Hall–Kier alpha value is -3.98. The average Bonchev–Trinajstić information content (AvgIpc) is 3.39. The van der Waals surface area contributed by atoms with Crippen LogP contribution in [0.4, 0.5) is 8.78 Å². The third-order valence-corrected chi connectivity index (χ3v) is 7.07. The average molecular weight is 552 g/mol. The van der Waals surface area contributed by atoms with Gasteiger partial charge in [-0.05, 0) is 68.3 Å². The summed E-state index contributed by atoms with van der Waals surface area (Å²) in [6.45, 7) is 4.25. The normalized spacial score (nSPS) is 15.7. The first-order valence-corrected chi connectivity index (χ1v) is 13.2. The molecule has 7 nitrogen and oxygen atoms in total. The van der Waals surface area contributed by atoms with Gasteiger partial charge in [0.05, 0.1) is 21.3 Å². The number of hydrogen-bond acceptors (Lipinski definition) is 6. The molecule has 1 aliphatic rings. The molecule has 1 saturated heterocycles. The minimum atomic E-state index is -0.652. The maximum atomic E-state index is 14.4. The van der Waals surface area contributed by atoms with Crippen LogP contribution in [0.3, 0.4) is 0 Å². The van der Waals surface area contributed by atoms with Crippen LogP contribution in [0.5, 0.6) is 17.2 Å². The second-order valence-electron chi connectivity index (χ2n) is 9.88. The zero-order chi connectivity index (χ0) is 28.6. The molecular weight excluding hydrogens is 516 g/mol. The van der Waals surface area contributed by atoms with E-state index >= 15 is 0 Å². The van der Waals surface area contributed by atoms with Gasteiger partial charge in [-0.2, -0.15) is 0 Å². The van der Waals surface area contributed by atoms with Gasteiger partial charge in [-0.3, -0.25) is 14.7 Å². The molecule has 1 fully saturated rings. The van der Waals surface area contributed by atoms with Gasteiger partial charge >= 0.3 is 0 Å². The second kappa shape index (κ2) is 13.4. The molecule has 1 aromatic heterocycles. The molecule has 0 saturated carbocycles. The number of rotatable bonds is 11. The Balaban J connectivity index is 1.64. The summed E-state index contributed by atoms with van der Waals surface area (Å²) in [4.78, 5) is 22.3. The first kappa shape index (κ1) is 29.0. The number of likely N-dealkylation sites (tertiary alicyclic amines) is 1. The molecule has 0 aliphatic carbocycles. The topological polar surface area (TPSA) is 64.1 Å². The number of hydrogen-bond donors (Lipinski definition) is 0. The highest BCUT2D eigenvalue weighted by Crippen LogP contribution is 2.38. The van der Waals surface area contributed by atoms with Crippen molar-refractivity contribution in [3.63, 3.8) is 0 Å². The zero-order valence-corrected chi connectivity index (χ0v) is 23.3. The lowest BCUT2D eigenvalue weighted by Gasteiger charge is -2.31. The van der Waals surface area contributed by atoms with Crippen LogP contribution < -0.4 is 14.2 Å². The van der Waals surface area contributed by atoms with E-state index in [1.807, 2.05) is 19.1 Å². The van der Waals surface area contributed by atoms with Crippen LogP contribution in [0.25, 0.3) is 6.08 Å². The van der Waals surface area contributed by atoms with Crippen LogP contribution >= 0.6 is 0 Å². The molecule has 40 heavy (non-hydrogen) atoms. The Morgan fingerprint density at radius 3 is 2.38 bits per heavy atom. The quantitative estimate of drug-likeness (QED) is 0.309. The van der Waals surface area contributed by atoms with Crippen molar-refractivity contribution >= 4 is 12.0 Å². The first-order chi connectivity index (χ1) is 19.3. The molecule has 3 aromatic rings. The third-order valence-electron chi connectivity index (χ3n) is 7.07. The van der Waals surface area contributed by atoms with Gasteiger partial charge in [0.25, 0.3) is 5.91 Å². The summed E-state index contributed by atoms with van der Waals surface area (Å²) < 4.78 is 44.2. The van der Waals surface area contributed by atoms with E-state index in [1.54, 1.807) is 35.5 Å². The standard InChI is InChI=1S/C31H35F2N3O4/c1-21(14-23-7-8-25(32)17-27(23)33)18-36(20-26-6-5-13-35(26)19-22-9-11-34-12-10-22)31(37)24-15-28(38-2)30(40-4)29(16-24)39-3/h7-12,14-17,26H,5-6,13,18-20H2,1-4H3/t26-/m0/s1. The van der Waals surface area contributed by atoms with Crippen molar-refractivity contribution in [3.8, 4) is 17.2 Å². The van der Waals surface area contributed by atoms with Crippen molar-refractivity contribution in [2.75, 3.05) is 41.0 Å². The van der Waals surface area contributed by atoms with E-state index in [-0.39, 0.29) is 24.1 Å². The SMILES string of the molecule is COc1cc(C(=O)N(CC(C)=Cc2ccc(F)cc2F)C[C@@H]2CCCN2Cc2ccncc2)cc(OC)c1OC. The fourth-order valence-electron chi connectivity index (χ4n) is 5.12. The molecule has 1 amide bonds. The first-order valence-electron chi connectivity index (χ1n) is 13.2. The lowest BCUT2D eigenvalue weighted by Crippen LogP contribution is -2.43. The third kappa shape index (κ3) is 6.96. The van der Waals surface area contributed by atoms with E-state index in [0.717, 1.165) is 43.1 Å². The maximum absolute atomic E-state index is 14.4. The molecule has 0 unspecified atom stereocenters. The van der Waals surface area contributed by atoms with Crippen LogP contribution in [-0.2, 0) is 6.54 Å². The van der Waals surface area contributed by atoms with E-state index in [0.29, 0.717) is 29.4 Å². The van der Waals surface area contributed by atoms with Gasteiger partial charge in [0.15, 0.2) is 11.5 Å². The van der Waals surface area contributed by atoms with Gasteiger partial charge < -0.3 is 19.1 Å². The van der Waals surface area contributed by atoms with Crippen LogP contribution in [0.1, 0.15) is 41.3 Å². The van der Waals surface area contributed by atoms with Crippen molar-refractivity contribution in [2.24, 2.45) is 0 Å². The molecule has 0 N–H and O–H groups in total. The van der Waals surface area contributed by atoms with Crippen molar-refractivity contribution in [1.82, 2.24) is 14.8 Å². The van der Waals surface area contributed by atoms with E-state index in [1.165, 1.54) is 33.5 Å². The summed E-state index contributed by atoms with van der Waals surface area (Å²) in [5, 5.41) is 0.